The Bertz CT molecular complexity index is 417. The summed E-state index contributed by atoms with van der Waals surface area (Å²) in [5.74, 6) is 0. The minimum Gasteiger partial charge on any atom is -0.184 e. The van der Waals surface area contributed by atoms with Gasteiger partial charge in [0, 0.05) is 0 Å². The summed E-state index contributed by atoms with van der Waals surface area (Å²) in [6.07, 6.45) is 20.0. The van der Waals surface area contributed by atoms with Crippen LogP contribution in [-0.2, 0) is 21.7 Å². The molecule has 2 fully saturated rings. The first-order valence-electron chi connectivity index (χ1n) is 7.35. The zero-order chi connectivity index (χ0) is 17.3. The molecule has 124 valence electrons. The van der Waals surface area contributed by atoms with Gasteiger partial charge in [0.1, 0.15) is 0 Å². The average molecular weight is 401 g/mol. The summed E-state index contributed by atoms with van der Waals surface area (Å²) in [7, 11) is 0. The van der Waals surface area contributed by atoms with E-state index in [1.54, 1.807) is 48.5 Å². The molecule has 10 radical (unpaired) electrons. The van der Waals surface area contributed by atoms with Crippen molar-refractivity contribution in [2.24, 2.45) is 0 Å². The quantitative estimate of drug-likeness (QED) is 0.358. The van der Waals surface area contributed by atoms with Gasteiger partial charge in [-0.05, 0) is 64.2 Å². The second-order valence-corrected chi connectivity index (χ2v) is 5.23. The average Bonchev–Trinajstić information content (AvgIpc) is 3.36. The van der Waals surface area contributed by atoms with Crippen LogP contribution in [0.5, 0.6) is 0 Å². The third kappa shape index (κ3) is 16.9. The van der Waals surface area contributed by atoms with Gasteiger partial charge in [0.25, 0.3) is 0 Å². The third-order valence-electron chi connectivity index (χ3n) is 2.47. The number of halogens is 2. The fraction of sp³-hybridized carbons (Fsp3) is 0. The van der Waals surface area contributed by atoms with Gasteiger partial charge in [-0.25, -0.2) is 0 Å². The minimum absolute atomic E-state index is 0. The summed E-state index contributed by atoms with van der Waals surface area (Å²) in [4.78, 5) is 0. The molecule has 0 heterocycles. The van der Waals surface area contributed by atoms with E-state index in [2.05, 4.69) is 12.1 Å². The maximum absolute atomic E-state index is 5.52. The molecule has 0 bridgehead atoms. The van der Waals surface area contributed by atoms with Crippen molar-refractivity contribution in [3.8, 4) is 0 Å². The fourth-order valence-electron chi connectivity index (χ4n) is 1.37. The largest absolute Gasteiger partial charge is 2.00 e. The topological polar surface area (TPSA) is 0 Å². The van der Waals surface area contributed by atoms with E-state index in [0.717, 1.165) is 10.0 Å². The normalized spacial score (nSPS) is 14.5. The van der Waals surface area contributed by atoms with Crippen molar-refractivity contribution in [1.29, 1.82) is 0 Å². The van der Waals surface area contributed by atoms with Crippen LogP contribution in [-0.4, -0.2) is 0 Å². The zero-order valence-electron chi connectivity index (χ0n) is 13.6. The molecule has 2 saturated carbocycles. The van der Waals surface area contributed by atoms with Crippen LogP contribution in [0.3, 0.4) is 0 Å². The number of rotatable bonds is 0. The molecular weight excluding hydrogens is 383 g/mol. The second kappa shape index (κ2) is 18.5. The molecule has 2 aliphatic carbocycles. The minimum atomic E-state index is 0. The van der Waals surface area contributed by atoms with E-state index in [1.807, 2.05) is 64.2 Å². The molecule has 4 rings (SSSR count). The van der Waals surface area contributed by atoms with Crippen LogP contribution in [0.2, 0.25) is 10.0 Å². The Morgan fingerprint density at radius 2 is 0.640 bits per heavy atom. The Morgan fingerprint density at radius 1 is 0.440 bits per heavy atom. The Labute approximate surface area is 179 Å². The van der Waals surface area contributed by atoms with Crippen LogP contribution < -0.4 is 0 Å². The Kier molecular flexibility index (Phi) is 18.3. The van der Waals surface area contributed by atoms with E-state index in [9.17, 15) is 0 Å². The van der Waals surface area contributed by atoms with Crippen molar-refractivity contribution < 1.29 is 21.7 Å². The third-order valence-corrected chi connectivity index (χ3v) is 2.97. The van der Waals surface area contributed by atoms with Crippen molar-refractivity contribution in [3.63, 3.8) is 0 Å². The van der Waals surface area contributed by atoms with E-state index in [0.29, 0.717) is 0 Å². The molecule has 3 heteroatoms. The first-order valence-corrected chi connectivity index (χ1v) is 8.11. The molecule has 0 saturated heterocycles. The number of benzene rings is 2. The van der Waals surface area contributed by atoms with Crippen molar-refractivity contribution in [1.82, 2.24) is 0 Å². The van der Waals surface area contributed by atoms with Crippen LogP contribution in [0.4, 0.5) is 0 Å². The van der Waals surface area contributed by atoms with Crippen LogP contribution >= 0.6 is 23.2 Å². The molecule has 0 aromatic heterocycles. The summed E-state index contributed by atoms with van der Waals surface area (Å²) < 4.78 is 0. The maximum atomic E-state index is 5.52. The van der Waals surface area contributed by atoms with Gasteiger partial charge in [-0.1, -0.05) is 10.0 Å². The predicted octanol–water partition coefficient (Wildman–Crippen LogP) is 6.32. The van der Waals surface area contributed by atoms with E-state index in [-0.39, 0.29) is 21.7 Å². The first-order chi connectivity index (χ1) is 11.8. The van der Waals surface area contributed by atoms with Gasteiger partial charge in [0.15, 0.2) is 0 Å². The van der Waals surface area contributed by atoms with Gasteiger partial charge in [-0.15, -0.1) is 23.2 Å². The summed E-state index contributed by atoms with van der Waals surface area (Å²) in [6.45, 7) is 0. The second-order valence-electron chi connectivity index (χ2n) is 4.36. The summed E-state index contributed by atoms with van der Waals surface area (Å²) in [5, 5.41) is 1.53. The molecule has 0 nitrogen and oxygen atoms in total. The van der Waals surface area contributed by atoms with Gasteiger partial charge in [-0.3, -0.25) is 0 Å². The van der Waals surface area contributed by atoms with Crippen LogP contribution in [0.25, 0.3) is 0 Å². The van der Waals surface area contributed by atoms with Crippen LogP contribution in [0.15, 0.2) is 48.5 Å². The molecule has 2 aliphatic rings. The first kappa shape index (κ1) is 24.7. The van der Waals surface area contributed by atoms with Crippen LogP contribution in [0.1, 0.15) is 0 Å². The van der Waals surface area contributed by atoms with E-state index in [4.69, 9.17) is 23.2 Å². The van der Waals surface area contributed by atoms with Crippen molar-refractivity contribution in [3.05, 3.63) is 135 Å². The summed E-state index contributed by atoms with van der Waals surface area (Å²) >= 11 is 11.0. The van der Waals surface area contributed by atoms with Gasteiger partial charge in [0.2, 0.25) is 0 Å². The van der Waals surface area contributed by atoms with Gasteiger partial charge >= 0.3 is 21.7 Å². The van der Waals surface area contributed by atoms with E-state index in [1.165, 1.54) is 0 Å². The van der Waals surface area contributed by atoms with Crippen molar-refractivity contribution in [2.45, 2.75) is 0 Å². The predicted molar refractivity (Wildman–Crippen MR) is 104 cm³/mol. The molecule has 0 unspecified atom stereocenters. The number of hydrogen-bond donors (Lipinski definition) is 0. The molecule has 0 atom stereocenters. The number of hydrogen-bond acceptors (Lipinski definition) is 0. The fourth-order valence-corrected chi connectivity index (χ4v) is 1.63. The Hall–Kier alpha value is -0.266. The summed E-state index contributed by atoms with van der Waals surface area (Å²) in [6, 6.07) is 20.0. The monoisotopic (exact) mass is 400 g/mol. The van der Waals surface area contributed by atoms with Gasteiger partial charge < -0.3 is 0 Å². The standard InChI is InChI=1S/2C6H4Cl.2C5H5.Ti/c2*7-6-4-2-1-3-5-6;2*1-2-4-5-3-1;/h2*2-5H;2*1-5H;/q2*-1;;;+2. The van der Waals surface area contributed by atoms with Crippen molar-refractivity contribution >= 4 is 23.2 Å². The van der Waals surface area contributed by atoms with Crippen LogP contribution in [0, 0.1) is 76.3 Å². The molecule has 0 amide bonds. The molecule has 0 N–H and O–H groups in total. The molecule has 2 aromatic carbocycles. The van der Waals surface area contributed by atoms with E-state index >= 15 is 0 Å². The van der Waals surface area contributed by atoms with E-state index < -0.39 is 0 Å². The molecular formula is C22H18Cl2Ti. The van der Waals surface area contributed by atoms with Gasteiger partial charge in [0.05, 0.1) is 0 Å². The van der Waals surface area contributed by atoms with Gasteiger partial charge in [-0.2, -0.15) is 60.7 Å². The molecule has 2 aromatic rings. The Balaban J connectivity index is 0.000000307. The molecule has 0 aliphatic heterocycles. The molecule has 25 heavy (non-hydrogen) atoms. The smallest absolute Gasteiger partial charge is 0.184 e. The Morgan fingerprint density at radius 3 is 0.760 bits per heavy atom. The van der Waals surface area contributed by atoms with Crippen molar-refractivity contribution in [2.75, 3.05) is 0 Å². The summed E-state index contributed by atoms with van der Waals surface area (Å²) in [5.41, 5.74) is 0. The zero-order valence-corrected chi connectivity index (χ0v) is 16.7. The maximum Gasteiger partial charge on any atom is 2.00 e. The SMILES string of the molecule is Clc1cc[c-]cc1.Clc1cc[c-]cc1.[CH]1[CH][CH][CH][CH]1.[CH]1[CH][CH][CH][CH]1.[Ti+2]. The molecule has 0 spiro atoms.